The zero-order chi connectivity index (χ0) is 15.5. The highest BCUT2D eigenvalue weighted by molar-refractivity contribution is 5.95. The van der Waals surface area contributed by atoms with E-state index in [0.29, 0.717) is 5.56 Å². The van der Waals surface area contributed by atoms with Crippen LogP contribution < -0.4 is 5.06 Å². The van der Waals surface area contributed by atoms with Crippen molar-refractivity contribution < 1.29 is 27.6 Å². The number of benzene rings is 1. The van der Waals surface area contributed by atoms with Crippen LogP contribution in [0.1, 0.15) is 17.3 Å². The number of carbonyl (C=O) groups excluding carboxylic acids is 2. The number of carbonyl (C=O) groups is 2. The monoisotopic (exact) mass is 290 g/mol. The van der Waals surface area contributed by atoms with Gasteiger partial charge in [0.2, 0.25) is 0 Å². The van der Waals surface area contributed by atoms with E-state index in [1.165, 1.54) is 45.3 Å². The first kappa shape index (κ1) is 16.0. The van der Waals surface area contributed by atoms with E-state index >= 15 is 0 Å². The molecule has 0 N–H and O–H groups in total. The van der Waals surface area contributed by atoms with Crippen LogP contribution in [0.3, 0.4) is 0 Å². The molecule has 0 heterocycles. The second-order valence-corrected chi connectivity index (χ2v) is 4.11. The fourth-order valence-electron chi connectivity index (χ4n) is 1.32. The van der Waals surface area contributed by atoms with Gasteiger partial charge in [0.15, 0.2) is 5.78 Å². The third-order valence-electron chi connectivity index (χ3n) is 2.26. The van der Waals surface area contributed by atoms with E-state index in [4.69, 9.17) is 0 Å². The molecule has 1 aromatic rings. The molecule has 0 aliphatic rings. The van der Waals surface area contributed by atoms with Crippen molar-refractivity contribution in [1.29, 1.82) is 0 Å². The first-order chi connectivity index (χ1) is 9.11. The summed E-state index contributed by atoms with van der Waals surface area (Å²) in [7, 11) is 2.58. The number of rotatable bonds is 3. The molecule has 2 amide bonds. The summed E-state index contributed by atoms with van der Waals surface area (Å²) in [6, 6.07) is 4.02. The van der Waals surface area contributed by atoms with Crippen molar-refractivity contribution in [2.45, 2.75) is 13.3 Å². The normalized spacial score (nSPS) is 11.1. The molecule has 0 atom stereocenters. The largest absolute Gasteiger partial charge is 0.544 e. The van der Waals surface area contributed by atoms with Crippen LogP contribution in [-0.2, 0) is 4.84 Å². The van der Waals surface area contributed by atoms with Crippen molar-refractivity contribution in [1.82, 2.24) is 4.90 Å². The van der Waals surface area contributed by atoms with Crippen molar-refractivity contribution in [2.75, 3.05) is 19.2 Å². The maximum absolute atomic E-state index is 12.3. The van der Waals surface area contributed by atoms with Crippen molar-refractivity contribution >= 4 is 17.5 Å². The van der Waals surface area contributed by atoms with Crippen LogP contribution in [-0.4, -0.2) is 37.2 Å². The summed E-state index contributed by atoms with van der Waals surface area (Å²) < 4.78 is 37.0. The molecule has 5 nitrogen and oxygen atoms in total. The highest BCUT2D eigenvalue weighted by Gasteiger charge is 2.37. The fourth-order valence-corrected chi connectivity index (χ4v) is 1.32. The van der Waals surface area contributed by atoms with Gasteiger partial charge >= 0.3 is 12.4 Å². The molecule has 110 valence electrons. The number of amides is 2. The van der Waals surface area contributed by atoms with Gasteiger partial charge in [-0.1, -0.05) is 0 Å². The van der Waals surface area contributed by atoms with Crippen LogP contribution >= 0.6 is 0 Å². The van der Waals surface area contributed by atoms with Gasteiger partial charge in [-0.25, -0.2) is 4.79 Å². The summed E-state index contributed by atoms with van der Waals surface area (Å²) in [6.07, 6.45) is -5.01. The van der Waals surface area contributed by atoms with Gasteiger partial charge in [-0.05, 0) is 31.2 Å². The van der Waals surface area contributed by atoms with E-state index in [2.05, 4.69) is 4.84 Å². The lowest BCUT2D eigenvalue weighted by atomic mass is 10.1. The van der Waals surface area contributed by atoms with E-state index in [1.807, 2.05) is 0 Å². The number of hydroxylamine groups is 1. The highest BCUT2D eigenvalue weighted by Crippen LogP contribution is 2.25. The Kier molecular flexibility index (Phi) is 4.72. The van der Waals surface area contributed by atoms with E-state index < -0.39 is 12.4 Å². The summed E-state index contributed by atoms with van der Waals surface area (Å²) >= 11 is 0. The first-order valence-electron chi connectivity index (χ1n) is 5.50. The van der Waals surface area contributed by atoms with E-state index in [9.17, 15) is 22.8 Å². The zero-order valence-electron chi connectivity index (χ0n) is 11.1. The van der Waals surface area contributed by atoms with Crippen LogP contribution in [0.15, 0.2) is 24.3 Å². The number of hydrogen-bond donors (Lipinski definition) is 0. The summed E-state index contributed by atoms with van der Waals surface area (Å²) in [5, 5.41) is 0.115. The predicted molar refractivity (Wildman–Crippen MR) is 65.1 cm³/mol. The minimum absolute atomic E-state index is 0.115. The molecule has 0 bridgehead atoms. The molecule has 1 aromatic carbocycles. The lowest BCUT2D eigenvalue weighted by Crippen LogP contribution is -2.42. The van der Waals surface area contributed by atoms with Crippen LogP contribution in [0.2, 0.25) is 0 Å². The molecule has 8 heteroatoms. The Hall–Kier alpha value is -2.09. The standard InChI is InChI=1S/C12H13F3N2O3/c1-8(18)9-4-6-10(7-5-9)17(11(19)16(2)3)20-12(13,14)15/h4-7H,1-3H3. The molecule has 0 saturated carbocycles. The molecule has 0 spiro atoms. The fraction of sp³-hybridized carbons (Fsp3) is 0.333. The number of alkyl halides is 3. The number of halogens is 3. The molecular formula is C12H13F3N2O3. The average molecular weight is 290 g/mol. The number of nitrogens with zero attached hydrogens (tertiary/aromatic N) is 2. The van der Waals surface area contributed by atoms with E-state index in [1.54, 1.807) is 0 Å². The Bertz CT molecular complexity index is 498. The zero-order valence-corrected chi connectivity index (χ0v) is 11.1. The van der Waals surface area contributed by atoms with Gasteiger partial charge in [0, 0.05) is 19.7 Å². The SMILES string of the molecule is CC(=O)c1ccc(N(OC(F)(F)F)C(=O)N(C)C)cc1. The average Bonchev–Trinajstić information content (AvgIpc) is 2.34. The Morgan fingerprint density at radius 1 is 1.10 bits per heavy atom. The van der Waals surface area contributed by atoms with Crippen molar-refractivity contribution in [2.24, 2.45) is 0 Å². The second-order valence-electron chi connectivity index (χ2n) is 4.11. The molecule has 1 rings (SSSR count). The molecule has 0 radical (unpaired) electrons. The number of anilines is 1. The van der Waals surface area contributed by atoms with Gasteiger partial charge in [-0.2, -0.15) is 9.90 Å². The minimum Gasteiger partial charge on any atom is -0.329 e. The smallest absolute Gasteiger partial charge is 0.329 e. The van der Waals surface area contributed by atoms with Gasteiger partial charge in [0.1, 0.15) is 0 Å². The Morgan fingerprint density at radius 2 is 1.60 bits per heavy atom. The number of ketones is 1. The quantitative estimate of drug-likeness (QED) is 0.635. The van der Waals surface area contributed by atoms with Crippen LogP contribution in [0, 0.1) is 0 Å². The molecule has 20 heavy (non-hydrogen) atoms. The molecule has 0 aliphatic carbocycles. The van der Waals surface area contributed by atoms with Gasteiger partial charge in [0.25, 0.3) is 0 Å². The summed E-state index contributed by atoms with van der Waals surface area (Å²) in [5.41, 5.74) is 0.184. The second kappa shape index (κ2) is 5.91. The molecular weight excluding hydrogens is 277 g/mol. The summed E-state index contributed by atoms with van der Waals surface area (Å²) in [5.74, 6) is -0.237. The predicted octanol–water partition coefficient (Wildman–Crippen LogP) is 2.83. The number of hydrogen-bond acceptors (Lipinski definition) is 3. The first-order valence-corrected chi connectivity index (χ1v) is 5.50. The summed E-state index contributed by atoms with van der Waals surface area (Å²) in [4.78, 5) is 27.4. The van der Waals surface area contributed by atoms with Crippen LogP contribution in [0.25, 0.3) is 0 Å². The van der Waals surface area contributed by atoms with E-state index in [0.717, 1.165) is 4.90 Å². The third-order valence-corrected chi connectivity index (χ3v) is 2.26. The van der Waals surface area contributed by atoms with Gasteiger partial charge in [0.05, 0.1) is 5.69 Å². The lowest BCUT2D eigenvalue weighted by molar-refractivity contribution is -0.325. The van der Waals surface area contributed by atoms with Gasteiger partial charge in [-0.15, -0.1) is 13.2 Å². The number of Topliss-reactive ketones (excluding diaryl/α,β-unsaturated/α-hetero) is 1. The Balaban J connectivity index is 3.10. The maximum Gasteiger partial charge on any atom is 0.544 e. The van der Waals surface area contributed by atoms with Crippen molar-refractivity contribution in [3.63, 3.8) is 0 Å². The van der Waals surface area contributed by atoms with Crippen molar-refractivity contribution in [3.8, 4) is 0 Å². The van der Waals surface area contributed by atoms with Crippen LogP contribution in [0.5, 0.6) is 0 Å². The molecule has 0 unspecified atom stereocenters. The third kappa shape index (κ3) is 4.23. The molecule has 0 saturated heterocycles. The summed E-state index contributed by atoms with van der Waals surface area (Å²) in [6.45, 7) is 1.32. The molecule has 0 fully saturated rings. The number of urea groups is 1. The van der Waals surface area contributed by atoms with Crippen molar-refractivity contribution in [3.05, 3.63) is 29.8 Å². The van der Waals surface area contributed by atoms with Crippen LogP contribution in [0.4, 0.5) is 23.7 Å². The van der Waals surface area contributed by atoms with E-state index in [-0.39, 0.29) is 16.5 Å². The van der Waals surface area contributed by atoms with Gasteiger partial charge in [-0.3, -0.25) is 4.79 Å². The van der Waals surface area contributed by atoms with Gasteiger partial charge < -0.3 is 4.90 Å². The topological polar surface area (TPSA) is 49.9 Å². The maximum atomic E-state index is 12.3. The Morgan fingerprint density at radius 3 is 1.95 bits per heavy atom. The lowest BCUT2D eigenvalue weighted by Gasteiger charge is -2.25. The minimum atomic E-state index is -5.01. The molecule has 0 aromatic heterocycles. The highest BCUT2D eigenvalue weighted by atomic mass is 19.4. The molecule has 0 aliphatic heterocycles. The Labute approximate surface area is 113 Å².